The minimum absolute atomic E-state index is 0.601. The van der Waals surface area contributed by atoms with Crippen molar-refractivity contribution in [3.05, 3.63) is 40.9 Å². The third-order valence-corrected chi connectivity index (χ3v) is 8.30. The van der Waals surface area contributed by atoms with Crippen molar-refractivity contribution in [2.45, 2.75) is 26.4 Å². The summed E-state index contributed by atoms with van der Waals surface area (Å²) in [5.74, 6) is 1.64. The number of aromatic nitrogens is 3. The summed E-state index contributed by atoms with van der Waals surface area (Å²) in [5, 5.41) is 11.8. The second-order valence-electron chi connectivity index (χ2n) is 9.88. The fraction of sp³-hybridized carbons (Fsp3) is 0.444. The number of piperazine rings is 1. The Hall–Kier alpha value is -3.03. The number of rotatable bonds is 5. The summed E-state index contributed by atoms with van der Waals surface area (Å²) >= 11 is 1.77. The summed E-state index contributed by atoms with van der Waals surface area (Å²) in [6.07, 6.45) is 1.90. The second kappa shape index (κ2) is 9.79. The number of hydrogen-bond acceptors (Lipinski definition) is 8. The van der Waals surface area contributed by atoms with Gasteiger partial charge in [0.25, 0.3) is 0 Å². The highest BCUT2D eigenvalue weighted by Crippen LogP contribution is 2.36. The van der Waals surface area contributed by atoms with Crippen molar-refractivity contribution in [1.82, 2.24) is 24.8 Å². The van der Waals surface area contributed by atoms with E-state index in [1.54, 1.807) is 11.3 Å². The number of H-pyrrole nitrogens is 1. The van der Waals surface area contributed by atoms with E-state index < -0.39 is 0 Å². The SMILES string of the molecule is CC(C)N1CCN(Cc2cc3c(N4CCOCC4)nc(-c4cc(C#N)cc5[nH]ccc45)nc3s2)CC1. The molecule has 4 aromatic rings. The average molecular weight is 502 g/mol. The summed E-state index contributed by atoms with van der Waals surface area (Å²) in [7, 11) is 0. The minimum atomic E-state index is 0.601. The maximum atomic E-state index is 9.61. The molecule has 0 aliphatic carbocycles. The maximum absolute atomic E-state index is 9.61. The number of fused-ring (bicyclic) bond motifs is 2. The molecule has 3 aromatic heterocycles. The van der Waals surface area contributed by atoms with Crippen molar-refractivity contribution in [3.8, 4) is 17.5 Å². The van der Waals surface area contributed by atoms with Crippen LogP contribution < -0.4 is 4.90 Å². The molecule has 0 atom stereocenters. The number of anilines is 1. The van der Waals surface area contributed by atoms with Gasteiger partial charge in [0.2, 0.25) is 0 Å². The highest BCUT2D eigenvalue weighted by atomic mass is 32.1. The molecule has 0 unspecified atom stereocenters. The van der Waals surface area contributed by atoms with Crippen molar-refractivity contribution >= 4 is 38.3 Å². The third-order valence-electron chi connectivity index (χ3n) is 7.29. The van der Waals surface area contributed by atoms with Crippen LogP contribution in [0.5, 0.6) is 0 Å². The molecular weight excluding hydrogens is 470 g/mol. The maximum Gasteiger partial charge on any atom is 0.163 e. The molecule has 2 aliphatic heterocycles. The van der Waals surface area contributed by atoms with Crippen molar-refractivity contribution in [3.63, 3.8) is 0 Å². The Bertz CT molecular complexity index is 1420. The smallest absolute Gasteiger partial charge is 0.163 e. The first-order valence-corrected chi connectivity index (χ1v) is 13.5. The van der Waals surface area contributed by atoms with E-state index in [1.165, 1.54) is 4.88 Å². The molecule has 0 bridgehead atoms. The molecule has 9 heteroatoms. The zero-order valence-electron chi connectivity index (χ0n) is 20.8. The van der Waals surface area contributed by atoms with Crippen LogP contribution in [-0.4, -0.2) is 83.3 Å². The molecule has 5 heterocycles. The van der Waals surface area contributed by atoms with E-state index in [2.05, 4.69) is 45.7 Å². The number of morpholine rings is 1. The normalized spacial score (nSPS) is 17.9. The molecule has 0 radical (unpaired) electrons. The Labute approximate surface area is 215 Å². The van der Waals surface area contributed by atoms with Gasteiger partial charge in [-0.3, -0.25) is 9.80 Å². The van der Waals surface area contributed by atoms with Gasteiger partial charge in [0.05, 0.1) is 30.2 Å². The Morgan fingerprint density at radius 1 is 1.06 bits per heavy atom. The molecule has 36 heavy (non-hydrogen) atoms. The van der Waals surface area contributed by atoms with Gasteiger partial charge in [0.15, 0.2) is 5.82 Å². The van der Waals surface area contributed by atoms with Crippen LogP contribution in [-0.2, 0) is 11.3 Å². The summed E-state index contributed by atoms with van der Waals surface area (Å²) in [5.41, 5.74) is 2.42. The number of nitrogens with one attached hydrogen (secondary N) is 1. The number of nitriles is 1. The lowest BCUT2D eigenvalue weighted by atomic mass is 10.1. The second-order valence-corrected chi connectivity index (χ2v) is 11.0. The van der Waals surface area contributed by atoms with Gasteiger partial charge >= 0.3 is 0 Å². The molecule has 0 saturated carbocycles. The quantitative estimate of drug-likeness (QED) is 0.441. The van der Waals surface area contributed by atoms with Gasteiger partial charge in [-0.05, 0) is 38.1 Å². The lowest BCUT2D eigenvalue weighted by molar-refractivity contribution is 0.105. The summed E-state index contributed by atoms with van der Waals surface area (Å²) in [6.45, 7) is 12.9. The summed E-state index contributed by atoms with van der Waals surface area (Å²) < 4.78 is 5.62. The minimum Gasteiger partial charge on any atom is -0.378 e. The van der Waals surface area contributed by atoms with Crippen LogP contribution in [0.3, 0.4) is 0 Å². The number of ether oxygens (including phenoxy) is 1. The Kier molecular flexibility index (Phi) is 6.36. The number of thiophene rings is 1. The van der Waals surface area contributed by atoms with Crippen molar-refractivity contribution < 1.29 is 4.74 Å². The van der Waals surface area contributed by atoms with Gasteiger partial charge in [-0.25, -0.2) is 9.97 Å². The first-order chi connectivity index (χ1) is 17.6. The van der Waals surface area contributed by atoms with Crippen LogP contribution in [0.25, 0.3) is 32.5 Å². The van der Waals surface area contributed by atoms with Crippen LogP contribution in [0.1, 0.15) is 24.3 Å². The van der Waals surface area contributed by atoms with Crippen LogP contribution in [0.15, 0.2) is 30.5 Å². The molecule has 6 rings (SSSR count). The van der Waals surface area contributed by atoms with Gasteiger partial charge in [0, 0.05) is 79.4 Å². The predicted octanol–water partition coefficient (Wildman–Crippen LogP) is 4.07. The Morgan fingerprint density at radius 2 is 1.86 bits per heavy atom. The van der Waals surface area contributed by atoms with E-state index in [4.69, 9.17) is 14.7 Å². The van der Waals surface area contributed by atoms with Crippen molar-refractivity contribution in [1.29, 1.82) is 5.26 Å². The number of hydrogen-bond donors (Lipinski definition) is 1. The topological polar surface area (TPSA) is 84.3 Å². The van der Waals surface area contributed by atoms with E-state index in [1.807, 2.05) is 24.4 Å². The summed E-state index contributed by atoms with van der Waals surface area (Å²) in [6, 6.07) is 11.0. The highest BCUT2D eigenvalue weighted by molar-refractivity contribution is 7.18. The van der Waals surface area contributed by atoms with Gasteiger partial charge in [-0.1, -0.05) is 0 Å². The third kappa shape index (κ3) is 4.46. The fourth-order valence-corrected chi connectivity index (χ4v) is 6.31. The van der Waals surface area contributed by atoms with E-state index in [-0.39, 0.29) is 0 Å². The van der Waals surface area contributed by atoms with Crippen molar-refractivity contribution in [2.75, 3.05) is 57.4 Å². The molecule has 0 spiro atoms. The van der Waals surface area contributed by atoms with Gasteiger partial charge in [-0.15, -0.1) is 11.3 Å². The standard InChI is InChI=1S/C27H31N7OS/c1-18(2)33-7-5-32(6-8-33)17-20-15-23-26(34-9-11-35-12-10-34)30-25(31-27(23)36-20)22-13-19(16-28)14-24-21(22)3-4-29-24/h3-4,13-15,18,29H,5-12,17H2,1-2H3. The van der Waals surface area contributed by atoms with Gasteiger partial charge in [0.1, 0.15) is 10.6 Å². The predicted molar refractivity (Wildman–Crippen MR) is 144 cm³/mol. The monoisotopic (exact) mass is 501 g/mol. The lowest BCUT2D eigenvalue weighted by Crippen LogP contribution is -2.48. The molecular formula is C27H31N7OS. The van der Waals surface area contributed by atoms with Crippen LogP contribution in [0.2, 0.25) is 0 Å². The molecule has 186 valence electrons. The van der Waals surface area contributed by atoms with E-state index in [0.29, 0.717) is 30.6 Å². The Balaban J connectivity index is 1.40. The number of nitrogens with zero attached hydrogens (tertiary/aromatic N) is 6. The summed E-state index contributed by atoms with van der Waals surface area (Å²) in [4.78, 5) is 23.1. The Morgan fingerprint density at radius 3 is 2.61 bits per heavy atom. The van der Waals surface area contributed by atoms with Crippen LogP contribution in [0.4, 0.5) is 5.82 Å². The van der Waals surface area contributed by atoms with Crippen LogP contribution in [0, 0.1) is 11.3 Å². The molecule has 1 N–H and O–H groups in total. The average Bonchev–Trinajstić information content (AvgIpc) is 3.54. The van der Waals surface area contributed by atoms with E-state index in [0.717, 1.165) is 78.3 Å². The first kappa shape index (κ1) is 23.4. The largest absolute Gasteiger partial charge is 0.378 e. The van der Waals surface area contributed by atoms with Crippen LogP contribution >= 0.6 is 11.3 Å². The van der Waals surface area contributed by atoms with Gasteiger partial charge in [-0.2, -0.15) is 5.26 Å². The first-order valence-electron chi connectivity index (χ1n) is 12.7. The van der Waals surface area contributed by atoms with Gasteiger partial charge < -0.3 is 14.6 Å². The van der Waals surface area contributed by atoms with E-state index >= 15 is 0 Å². The number of aromatic amines is 1. The highest BCUT2D eigenvalue weighted by Gasteiger charge is 2.23. The van der Waals surface area contributed by atoms with E-state index in [9.17, 15) is 5.26 Å². The molecule has 2 saturated heterocycles. The zero-order valence-corrected chi connectivity index (χ0v) is 21.6. The molecule has 0 amide bonds. The lowest BCUT2D eigenvalue weighted by Gasteiger charge is -2.36. The molecule has 2 aliphatic rings. The fourth-order valence-electron chi connectivity index (χ4n) is 5.25. The molecule has 1 aromatic carbocycles. The number of benzene rings is 1. The molecule has 2 fully saturated rings. The zero-order chi connectivity index (χ0) is 24.6. The molecule has 8 nitrogen and oxygen atoms in total. The van der Waals surface area contributed by atoms with Crippen molar-refractivity contribution in [2.24, 2.45) is 0 Å².